The summed E-state index contributed by atoms with van der Waals surface area (Å²) in [6.45, 7) is 0. The molecule has 6 aromatic rings. The Bertz CT molecular complexity index is 1910. The van der Waals surface area contributed by atoms with E-state index in [4.69, 9.17) is 32.4 Å². The lowest BCUT2D eigenvalue weighted by molar-refractivity contribution is 0.480. The number of rotatable bonds is 6. The predicted octanol–water partition coefficient (Wildman–Crippen LogP) is 7.96. The van der Waals surface area contributed by atoms with E-state index in [0.717, 1.165) is 33.4 Å². The van der Waals surface area contributed by atoms with Gasteiger partial charge in [0.25, 0.3) is 0 Å². The molecule has 0 saturated carbocycles. The maximum Gasteiger partial charge on any atom is 0.129 e. The van der Waals surface area contributed by atoms with Crippen molar-refractivity contribution in [3.05, 3.63) is 156 Å². The average Bonchev–Trinajstić information content (AvgIpc) is 3.29. The predicted molar refractivity (Wildman–Crippen MR) is 174 cm³/mol. The zero-order chi connectivity index (χ0) is 29.6. The first kappa shape index (κ1) is 26.0. The number of fused-ring (bicyclic) bond motifs is 3. The second kappa shape index (κ2) is 10.2. The van der Waals surface area contributed by atoms with Crippen molar-refractivity contribution in [1.29, 1.82) is 0 Å². The van der Waals surface area contributed by atoms with Gasteiger partial charge < -0.3 is 32.4 Å². The van der Waals surface area contributed by atoms with Crippen LogP contribution in [0, 0.1) is 0 Å². The molecule has 6 nitrogen and oxygen atoms in total. The van der Waals surface area contributed by atoms with Gasteiger partial charge in [-0.25, -0.2) is 0 Å². The highest BCUT2D eigenvalue weighted by Gasteiger charge is 2.47. The monoisotopic (exact) mass is 562 g/mol. The van der Waals surface area contributed by atoms with Crippen molar-refractivity contribution in [3.8, 4) is 34.1 Å². The summed E-state index contributed by atoms with van der Waals surface area (Å²) in [4.78, 5) is 0. The van der Waals surface area contributed by atoms with Gasteiger partial charge in [0.2, 0.25) is 0 Å². The van der Waals surface area contributed by atoms with Crippen LogP contribution in [0.1, 0.15) is 22.3 Å². The Balaban J connectivity index is 1.47. The summed E-state index contributed by atoms with van der Waals surface area (Å²) < 4.78 is 12.6. The molecule has 1 aliphatic carbocycles. The lowest BCUT2D eigenvalue weighted by Gasteiger charge is -2.34. The number of nitrogen functional groups attached to an aromatic ring is 4. The number of ether oxygens (including phenoxy) is 2. The fraction of sp³-hybridized carbons (Fsp3) is 0.0270. The molecule has 43 heavy (non-hydrogen) atoms. The summed E-state index contributed by atoms with van der Waals surface area (Å²) in [5.41, 5.74) is 33.1. The maximum absolute atomic E-state index is 6.69. The number of benzene rings is 6. The van der Waals surface area contributed by atoms with Crippen LogP contribution in [0.5, 0.6) is 23.0 Å². The molecular formula is C37H30N4O2. The topological polar surface area (TPSA) is 123 Å². The third-order valence-electron chi connectivity index (χ3n) is 7.94. The molecule has 210 valence electrons. The summed E-state index contributed by atoms with van der Waals surface area (Å²) in [6, 6.07) is 43.1. The van der Waals surface area contributed by atoms with E-state index in [-0.39, 0.29) is 0 Å². The van der Waals surface area contributed by atoms with E-state index < -0.39 is 5.41 Å². The van der Waals surface area contributed by atoms with Crippen molar-refractivity contribution in [1.82, 2.24) is 0 Å². The van der Waals surface area contributed by atoms with Crippen LogP contribution in [0.2, 0.25) is 0 Å². The molecule has 6 aromatic carbocycles. The van der Waals surface area contributed by atoms with Gasteiger partial charge in [0.1, 0.15) is 23.0 Å². The van der Waals surface area contributed by atoms with Crippen molar-refractivity contribution < 1.29 is 9.47 Å². The average molecular weight is 563 g/mol. The summed E-state index contributed by atoms with van der Waals surface area (Å²) in [5, 5.41) is 0. The van der Waals surface area contributed by atoms with Crippen LogP contribution < -0.4 is 32.4 Å². The highest BCUT2D eigenvalue weighted by atomic mass is 16.5. The molecule has 0 bridgehead atoms. The first-order valence-corrected chi connectivity index (χ1v) is 14.0. The van der Waals surface area contributed by atoms with E-state index in [1.807, 2.05) is 84.9 Å². The number of nitrogens with two attached hydrogens (primary N) is 4. The molecule has 6 heteroatoms. The first-order valence-electron chi connectivity index (χ1n) is 14.0. The van der Waals surface area contributed by atoms with Crippen molar-refractivity contribution in [2.75, 3.05) is 22.9 Å². The van der Waals surface area contributed by atoms with E-state index in [9.17, 15) is 0 Å². The molecule has 0 saturated heterocycles. The standard InChI is InChI=1S/C37H30N4O2/c38-25-8-3-12-30(20-25)42-28-10-1-6-23(18-28)37(24-7-2-11-29(19-24)43-31-13-4-9-26(39)21-31)33-14-5-15-35(41)36(33)32-17-16-27(40)22-34(32)37/h1-22H,38-41H2. The van der Waals surface area contributed by atoms with Crippen LogP contribution in [-0.2, 0) is 5.41 Å². The second-order valence-electron chi connectivity index (χ2n) is 10.7. The lowest BCUT2D eigenvalue weighted by atomic mass is 9.67. The molecule has 0 amide bonds. The van der Waals surface area contributed by atoms with Gasteiger partial charge in [0, 0.05) is 40.4 Å². The minimum absolute atomic E-state index is 0.631. The Morgan fingerprint density at radius 1 is 0.419 bits per heavy atom. The third-order valence-corrected chi connectivity index (χ3v) is 7.94. The van der Waals surface area contributed by atoms with Gasteiger partial charge in [-0.2, -0.15) is 0 Å². The molecule has 0 atom stereocenters. The molecule has 0 spiro atoms. The molecular weight excluding hydrogens is 532 g/mol. The Morgan fingerprint density at radius 2 is 0.907 bits per heavy atom. The van der Waals surface area contributed by atoms with Crippen molar-refractivity contribution in [2.24, 2.45) is 0 Å². The zero-order valence-corrected chi connectivity index (χ0v) is 23.3. The normalized spacial score (nSPS) is 12.7. The van der Waals surface area contributed by atoms with Gasteiger partial charge in [-0.05, 0) is 94.5 Å². The molecule has 0 unspecified atom stereocenters. The minimum Gasteiger partial charge on any atom is -0.457 e. The number of hydrogen-bond acceptors (Lipinski definition) is 6. The quantitative estimate of drug-likeness (QED) is 0.153. The van der Waals surface area contributed by atoms with Crippen LogP contribution in [0.25, 0.3) is 11.1 Å². The molecule has 1 aliphatic rings. The molecule has 0 aliphatic heterocycles. The van der Waals surface area contributed by atoms with Gasteiger partial charge >= 0.3 is 0 Å². The van der Waals surface area contributed by atoms with Crippen molar-refractivity contribution in [3.63, 3.8) is 0 Å². The zero-order valence-electron chi connectivity index (χ0n) is 23.3. The van der Waals surface area contributed by atoms with Gasteiger partial charge in [-0.15, -0.1) is 0 Å². The van der Waals surface area contributed by atoms with E-state index >= 15 is 0 Å². The highest BCUT2D eigenvalue weighted by molar-refractivity contribution is 5.93. The highest BCUT2D eigenvalue weighted by Crippen LogP contribution is 2.58. The molecule has 0 heterocycles. The summed E-state index contributed by atoms with van der Waals surface area (Å²) in [5.74, 6) is 2.67. The Kier molecular flexibility index (Phi) is 6.17. The minimum atomic E-state index is -0.778. The van der Waals surface area contributed by atoms with E-state index in [0.29, 0.717) is 45.7 Å². The SMILES string of the molecule is Nc1cccc(Oc2cccc(C3(c4cccc(Oc5cccc(N)c5)c4)c4cc(N)ccc4-c4c(N)cccc43)c2)c1. The van der Waals surface area contributed by atoms with Crippen LogP contribution in [0.15, 0.2) is 133 Å². The Labute approximate surface area is 250 Å². The van der Waals surface area contributed by atoms with Crippen molar-refractivity contribution >= 4 is 22.7 Å². The van der Waals surface area contributed by atoms with Gasteiger partial charge in [-0.1, -0.05) is 54.6 Å². The summed E-state index contributed by atoms with van der Waals surface area (Å²) >= 11 is 0. The summed E-state index contributed by atoms with van der Waals surface area (Å²) in [7, 11) is 0. The number of anilines is 4. The fourth-order valence-corrected chi connectivity index (χ4v) is 6.22. The molecule has 7 rings (SSSR count). The van der Waals surface area contributed by atoms with Crippen molar-refractivity contribution in [2.45, 2.75) is 5.41 Å². The van der Waals surface area contributed by atoms with Crippen LogP contribution in [0.4, 0.5) is 22.7 Å². The van der Waals surface area contributed by atoms with Crippen LogP contribution in [-0.4, -0.2) is 0 Å². The Hall–Kier alpha value is -5.88. The van der Waals surface area contributed by atoms with Gasteiger partial charge in [-0.3, -0.25) is 0 Å². The number of hydrogen-bond donors (Lipinski definition) is 4. The van der Waals surface area contributed by atoms with E-state index in [2.05, 4.69) is 36.4 Å². The maximum atomic E-state index is 6.69. The molecule has 0 radical (unpaired) electrons. The smallest absolute Gasteiger partial charge is 0.129 e. The van der Waals surface area contributed by atoms with E-state index in [1.165, 1.54) is 0 Å². The van der Waals surface area contributed by atoms with Gasteiger partial charge in [0.15, 0.2) is 0 Å². The molecule has 0 aromatic heterocycles. The fourth-order valence-electron chi connectivity index (χ4n) is 6.22. The summed E-state index contributed by atoms with van der Waals surface area (Å²) in [6.07, 6.45) is 0. The second-order valence-corrected chi connectivity index (χ2v) is 10.7. The van der Waals surface area contributed by atoms with Gasteiger partial charge in [0.05, 0.1) is 5.41 Å². The Morgan fingerprint density at radius 3 is 1.47 bits per heavy atom. The third kappa shape index (κ3) is 4.46. The van der Waals surface area contributed by atoms with Crippen LogP contribution in [0.3, 0.4) is 0 Å². The molecule has 0 fully saturated rings. The van der Waals surface area contributed by atoms with Crippen LogP contribution >= 0.6 is 0 Å². The largest absolute Gasteiger partial charge is 0.457 e. The first-order chi connectivity index (χ1) is 20.9. The van der Waals surface area contributed by atoms with E-state index in [1.54, 1.807) is 12.1 Å². The lowest BCUT2D eigenvalue weighted by Crippen LogP contribution is -2.28. The molecule has 8 N–H and O–H groups in total.